The van der Waals surface area contributed by atoms with Crippen LogP contribution in [0.15, 0.2) is 24.3 Å². The number of carbonyl (C=O) groups excluding carboxylic acids is 1. The van der Waals surface area contributed by atoms with Crippen LogP contribution in [-0.4, -0.2) is 43.7 Å². The lowest BCUT2D eigenvalue weighted by Gasteiger charge is -2.35. The Balaban J connectivity index is 1.70. The van der Waals surface area contributed by atoms with Gasteiger partial charge < -0.3 is 15.4 Å². The molecular formula is C18H27N3O2. The molecule has 1 atom stereocenters. The van der Waals surface area contributed by atoms with Crippen LogP contribution >= 0.6 is 0 Å². The lowest BCUT2D eigenvalue weighted by atomic mass is 10.0. The van der Waals surface area contributed by atoms with E-state index in [1.807, 2.05) is 18.2 Å². The SMILES string of the molecule is COc1ccccc1[C@H](CNC(=O)NC1CC1)N1CCCCC1. The van der Waals surface area contributed by atoms with Gasteiger partial charge >= 0.3 is 6.03 Å². The van der Waals surface area contributed by atoms with E-state index in [0.717, 1.165) is 37.2 Å². The van der Waals surface area contributed by atoms with Crippen LogP contribution < -0.4 is 15.4 Å². The molecule has 1 heterocycles. The molecule has 5 nitrogen and oxygen atoms in total. The van der Waals surface area contributed by atoms with Crippen LogP contribution in [0.25, 0.3) is 0 Å². The lowest BCUT2D eigenvalue weighted by molar-refractivity contribution is 0.157. The number of rotatable bonds is 6. The van der Waals surface area contributed by atoms with Crippen molar-refractivity contribution in [2.24, 2.45) is 0 Å². The molecule has 1 aromatic rings. The van der Waals surface area contributed by atoms with Gasteiger partial charge in [0.15, 0.2) is 0 Å². The Morgan fingerprint density at radius 3 is 2.70 bits per heavy atom. The number of hydrogen-bond acceptors (Lipinski definition) is 3. The van der Waals surface area contributed by atoms with Crippen molar-refractivity contribution in [3.05, 3.63) is 29.8 Å². The average Bonchev–Trinajstić information content (AvgIpc) is 3.40. The minimum absolute atomic E-state index is 0.0515. The van der Waals surface area contributed by atoms with Crippen LogP contribution in [0.3, 0.4) is 0 Å². The predicted octanol–water partition coefficient (Wildman–Crippen LogP) is 2.68. The molecule has 2 amide bonds. The normalized spacial score (nSPS) is 19.9. The Labute approximate surface area is 138 Å². The van der Waals surface area contributed by atoms with Crippen molar-refractivity contribution in [1.29, 1.82) is 0 Å². The largest absolute Gasteiger partial charge is 0.496 e. The van der Waals surface area contributed by atoms with Gasteiger partial charge in [-0.1, -0.05) is 24.6 Å². The summed E-state index contributed by atoms with van der Waals surface area (Å²) in [7, 11) is 1.71. The van der Waals surface area contributed by atoms with Crippen LogP contribution in [-0.2, 0) is 0 Å². The molecule has 126 valence electrons. The maximum atomic E-state index is 12.0. The highest BCUT2D eigenvalue weighted by Crippen LogP contribution is 2.30. The zero-order valence-electron chi connectivity index (χ0n) is 13.9. The summed E-state index contributed by atoms with van der Waals surface area (Å²) in [5.41, 5.74) is 1.16. The molecule has 1 saturated heterocycles. The number of carbonyl (C=O) groups is 1. The number of urea groups is 1. The Morgan fingerprint density at radius 1 is 1.26 bits per heavy atom. The predicted molar refractivity (Wildman–Crippen MR) is 90.7 cm³/mol. The van der Waals surface area contributed by atoms with Gasteiger partial charge in [-0.05, 0) is 44.8 Å². The van der Waals surface area contributed by atoms with Crippen LogP contribution in [0, 0.1) is 0 Å². The molecule has 0 aromatic heterocycles. The van der Waals surface area contributed by atoms with Gasteiger partial charge in [0.25, 0.3) is 0 Å². The monoisotopic (exact) mass is 317 g/mol. The fraction of sp³-hybridized carbons (Fsp3) is 0.611. The molecule has 3 rings (SSSR count). The standard InChI is InChI=1S/C18H27N3O2/c1-23-17-8-4-3-7-15(17)16(21-11-5-2-6-12-21)13-19-18(22)20-14-9-10-14/h3-4,7-8,14,16H,2,5-6,9-13H2,1H3,(H2,19,20,22)/t16-/m0/s1. The van der Waals surface area contributed by atoms with Crippen LogP contribution in [0.2, 0.25) is 0 Å². The van der Waals surface area contributed by atoms with Crippen molar-refractivity contribution in [3.8, 4) is 5.75 Å². The third kappa shape index (κ3) is 4.38. The fourth-order valence-electron chi connectivity index (χ4n) is 3.26. The Morgan fingerprint density at radius 2 is 2.00 bits per heavy atom. The summed E-state index contributed by atoms with van der Waals surface area (Å²) >= 11 is 0. The summed E-state index contributed by atoms with van der Waals surface area (Å²) in [5.74, 6) is 0.896. The van der Waals surface area contributed by atoms with E-state index < -0.39 is 0 Å². The summed E-state index contributed by atoms with van der Waals surface area (Å²) in [5, 5.41) is 6.05. The maximum Gasteiger partial charge on any atom is 0.315 e. The Bertz CT molecular complexity index is 525. The molecule has 1 aromatic carbocycles. The van der Waals surface area contributed by atoms with Crippen molar-refractivity contribution >= 4 is 6.03 Å². The number of para-hydroxylation sites is 1. The summed E-state index contributed by atoms with van der Waals surface area (Å²) < 4.78 is 5.54. The van der Waals surface area contributed by atoms with Gasteiger partial charge in [-0.15, -0.1) is 0 Å². The molecule has 1 aliphatic carbocycles. The van der Waals surface area contributed by atoms with Crippen molar-refractivity contribution < 1.29 is 9.53 Å². The number of nitrogens with zero attached hydrogens (tertiary/aromatic N) is 1. The van der Waals surface area contributed by atoms with Gasteiger partial charge in [0, 0.05) is 18.2 Å². The molecule has 1 saturated carbocycles. The number of hydrogen-bond donors (Lipinski definition) is 2. The van der Waals surface area contributed by atoms with Crippen molar-refractivity contribution in [1.82, 2.24) is 15.5 Å². The highest BCUT2D eigenvalue weighted by Gasteiger charge is 2.27. The fourth-order valence-corrected chi connectivity index (χ4v) is 3.26. The van der Waals surface area contributed by atoms with Crippen LogP contribution in [0.5, 0.6) is 5.75 Å². The van der Waals surface area contributed by atoms with Gasteiger partial charge in [0.05, 0.1) is 13.2 Å². The summed E-state index contributed by atoms with van der Waals surface area (Å²) in [6.45, 7) is 2.77. The molecule has 0 spiro atoms. The number of nitrogens with one attached hydrogen (secondary N) is 2. The summed E-state index contributed by atoms with van der Waals surface area (Å²) in [6.07, 6.45) is 5.95. The molecule has 2 aliphatic rings. The minimum Gasteiger partial charge on any atom is -0.496 e. The second kappa shape index (κ2) is 7.68. The van der Waals surface area contributed by atoms with E-state index in [4.69, 9.17) is 4.74 Å². The van der Waals surface area contributed by atoms with Gasteiger partial charge in [-0.2, -0.15) is 0 Å². The van der Waals surface area contributed by atoms with E-state index in [1.165, 1.54) is 19.3 Å². The highest BCUT2D eigenvalue weighted by atomic mass is 16.5. The molecule has 0 radical (unpaired) electrons. The lowest BCUT2D eigenvalue weighted by Crippen LogP contribution is -2.44. The molecule has 0 bridgehead atoms. The van der Waals surface area contributed by atoms with E-state index in [-0.39, 0.29) is 12.1 Å². The van der Waals surface area contributed by atoms with Gasteiger partial charge in [-0.25, -0.2) is 4.79 Å². The molecule has 5 heteroatoms. The van der Waals surface area contributed by atoms with E-state index in [2.05, 4.69) is 21.6 Å². The highest BCUT2D eigenvalue weighted by molar-refractivity contribution is 5.74. The molecule has 2 fully saturated rings. The number of methoxy groups -OCH3 is 1. The van der Waals surface area contributed by atoms with E-state index in [1.54, 1.807) is 7.11 Å². The first-order valence-corrected chi connectivity index (χ1v) is 8.69. The van der Waals surface area contributed by atoms with Crippen LogP contribution in [0.1, 0.15) is 43.7 Å². The molecule has 0 unspecified atom stereocenters. The quantitative estimate of drug-likeness (QED) is 0.848. The zero-order chi connectivity index (χ0) is 16.1. The van der Waals surface area contributed by atoms with Crippen molar-refractivity contribution in [3.63, 3.8) is 0 Å². The van der Waals surface area contributed by atoms with Crippen LogP contribution in [0.4, 0.5) is 4.79 Å². The second-order valence-electron chi connectivity index (χ2n) is 6.48. The van der Waals surface area contributed by atoms with Gasteiger partial charge in [0.2, 0.25) is 0 Å². The van der Waals surface area contributed by atoms with Crippen molar-refractivity contribution in [2.45, 2.75) is 44.2 Å². The molecule has 1 aliphatic heterocycles. The van der Waals surface area contributed by atoms with Gasteiger partial charge in [0.1, 0.15) is 5.75 Å². The molecule has 23 heavy (non-hydrogen) atoms. The molecular weight excluding hydrogens is 290 g/mol. The second-order valence-corrected chi connectivity index (χ2v) is 6.48. The average molecular weight is 317 g/mol. The number of ether oxygens (including phenoxy) is 1. The maximum absolute atomic E-state index is 12.0. The Hall–Kier alpha value is -1.75. The zero-order valence-corrected chi connectivity index (χ0v) is 13.9. The first kappa shape index (κ1) is 16.1. The summed E-state index contributed by atoms with van der Waals surface area (Å²) in [6, 6.07) is 8.63. The third-order valence-corrected chi connectivity index (χ3v) is 4.70. The van der Waals surface area contributed by atoms with Crippen molar-refractivity contribution in [2.75, 3.05) is 26.7 Å². The summed E-state index contributed by atoms with van der Waals surface area (Å²) in [4.78, 5) is 14.5. The number of benzene rings is 1. The Kier molecular flexibility index (Phi) is 5.39. The third-order valence-electron chi connectivity index (χ3n) is 4.70. The number of likely N-dealkylation sites (tertiary alicyclic amines) is 1. The number of piperidine rings is 1. The smallest absolute Gasteiger partial charge is 0.315 e. The minimum atomic E-state index is -0.0515. The van der Waals surface area contributed by atoms with Gasteiger partial charge in [-0.3, -0.25) is 4.90 Å². The first-order chi connectivity index (χ1) is 11.3. The number of amides is 2. The van der Waals surface area contributed by atoms with E-state index in [0.29, 0.717) is 12.6 Å². The van der Waals surface area contributed by atoms with E-state index >= 15 is 0 Å². The van der Waals surface area contributed by atoms with E-state index in [9.17, 15) is 4.79 Å². The first-order valence-electron chi connectivity index (χ1n) is 8.69. The molecule has 2 N–H and O–H groups in total. The topological polar surface area (TPSA) is 53.6 Å².